The number of rotatable bonds is 3. The molecule has 1 aromatic carbocycles. The van der Waals surface area contributed by atoms with Crippen LogP contribution in [0.2, 0.25) is 0 Å². The van der Waals surface area contributed by atoms with Crippen molar-refractivity contribution in [2.45, 2.75) is 32.8 Å². The molecule has 1 heterocycles. The minimum absolute atomic E-state index is 0.663. The van der Waals surface area contributed by atoms with Gasteiger partial charge in [-0.25, -0.2) is 0 Å². The van der Waals surface area contributed by atoms with Crippen LogP contribution >= 0.6 is 11.3 Å². The largest absolute Gasteiger partial charge is 0.384 e. The number of thiophene rings is 1. The summed E-state index contributed by atoms with van der Waals surface area (Å²) in [6.07, 6.45) is 0.663. The third-order valence-electron chi connectivity index (χ3n) is 2.98. The lowest BCUT2D eigenvalue weighted by Gasteiger charge is -2.23. The Balaban J connectivity index is 2.26. The molecule has 0 aliphatic carbocycles. The fourth-order valence-corrected chi connectivity index (χ4v) is 3.21. The van der Waals surface area contributed by atoms with Gasteiger partial charge in [0.1, 0.15) is 5.60 Å². The van der Waals surface area contributed by atoms with Crippen LogP contribution < -0.4 is 0 Å². The van der Waals surface area contributed by atoms with Crippen LogP contribution in [-0.2, 0) is 12.0 Å². The molecular weight excluding hydrogens is 228 g/mol. The fraction of sp³-hybridized carbons (Fsp3) is 0.333. The van der Waals surface area contributed by atoms with Gasteiger partial charge in [0, 0.05) is 11.3 Å². The summed E-state index contributed by atoms with van der Waals surface area (Å²) in [6.45, 7) is 6.03. The molecule has 0 amide bonds. The molecule has 2 heteroatoms. The Labute approximate surface area is 107 Å². The Morgan fingerprint density at radius 2 is 2.00 bits per heavy atom. The summed E-state index contributed by atoms with van der Waals surface area (Å²) in [6, 6.07) is 10.4. The highest BCUT2D eigenvalue weighted by atomic mass is 32.1. The van der Waals surface area contributed by atoms with Crippen molar-refractivity contribution in [3.05, 3.63) is 57.3 Å². The average molecular weight is 246 g/mol. The summed E-state index contributed by atoms with van der Waals surface area (Å²) in [5.41, 5.74) is 2.82. The highest BCUT2D eigenvalue weighted by molar-refractivity contribution is 7.10. The first kappa shape index (κ1) is 12.3. The Morgan fingerprint density at radius 3 is 2.59 bits per heavy atom. The van der Waals surface area contributed by atoms with E-state index in [2.05, 4.69) is 38.1 Å². The van der Waals surface area contributed by atoms with Crippen LogP contribution in [0.15, 0.2) is 35.7 Å². The molecule has 1 atom stereocenters. The molecule has 1 unspecified atom stereocenters. The van der Waals surface area contributed by atoms with Crippen molar-refractivity contribution in [3.63, 3.8) is 0 Å². The van der Waals surface area contributed by atoms with Gasteiger partial charge in [-0.05, 0) is 43.3 Å². The maximum absolute atomic E-state index is 10.6. The van der Waals surface area contributed by atoms with E-state index in [4.69, 9.17) is 0 Å². The summed E-state index contributed by atoms with van der Waals surface area (Å²) in [5.74, 6) is 0. The zero-order chi connectivity index (χ0) is 12.5. The van der Waals surface area contributed by atoms with Crippen molar-refractivity contribution in [3.8, 4) is 0 Å². The van der Waals surface area contributed by atoms with Crippen molar-refractivity contribution in [2.75, 3.05) is 0 Å². The second-order valence-electron chi connectivity index (χ2n) is 4.87. The maximum Gasteiger partial charge on any atom is 0.100 e. The molecule has 2 rings (SSSR count). The summed E-state index contributed by atoms with van der Waals surface area (Å²) >= 11 is 1.63. The second-order valence-corrected chi connectivity index (χ2v) is 5.79. The van der Waals surface area contributed by atoms with Crippen molar-refractivity contribution in [1.82, 2.24) is 0 Å². The Kier molecular flexibility index (Phi) is 3.36. The average Bonchev–Trinajstić information content (AvgIpc) is 2.64. The lowest BCUT2D eigenvalue weighted by Crippen LogP contribution is -2.23. The summed E-state index contributed by atoms with van der Waals surface area (Å²) in [5, 5.41) is 12.6. The highest BCUT2D eigenvalue weighted by Gasteiger charge is 2.26. The lowest BCUT2D eigenvalue weighted by molar-refractivity contribution is 0.0609. The summed E-state index contributed by atoms with van der Waals surface area (Å²) in [4.78, 5) is 1.07. The van der Waals surface area contributed by atoms with Crippen LogP contribution in [0.1, 0.15) is 28.5 Å². The molecule has 90 valence electrons. The van der Waals surface area contributed by atoms with Crippen LogP contribution in [0, 0.1) is 13.8 Å². The van der Waals surface area contributed by atoms with Gasteiger partial charge in [0.25, 0.3) is 0 Å². The van der Waals surface area contributed by atoms with E-state index in [0.717, 1.165) is 4.88 Å². The van der Waals surface area contributed by atoms with Gasteiger partial charge in [0.15, 0.2) is 0 Å². The molecule has 0 spiro atoms. The van der Waals surface area contributed by atoms with Crippen LogP contribution in [0.5, 0.6) is 0 Å². The fourth-order valence-electron chi connectivity index (χ4n) is 2.22. The third-order valence-corrected chi connectivity index (χ3v) is 4.25. The van der Waals surface area contributed by atoms with E-state index < -0.39 is 5.60 Å². The first-order valence-corrected chi connectivity index (χ1v) is 6.69. The van der Waals surface area contributed by atoms with E-state index >= 15 is 0 Å². The van der Waals surface area contributed by atoms with Gasteiger partial charge >= 0.3 is 0 Å². The van der Waals surface area contributed by atoms with Gasteiger partial charge in [-0.15, -0.1) is 11.3 Å². The molecule has 0 saturated carbocycles. The van der Waals surface area contributed by atoms with Crippen LogP contribution in [0.4, 0.5) is 0 Å². The van der Waals surface area contributed by atoms with Gasteiger partial charge in [-0.2, -0.15) is 0 Å². The molecule has 0 fully saturated rings. The first-order chi connectivity index (χ1) is 7.99. The van der Waals surface area contributed by atoms with E-state index in [1.54, 1.807) is 11.3 Å². The Hall–Kier alpha value is -1.12. The van der Waals surface area contributed by atoms with E-state index in [-0.39, 0.29) is 0 Å². The molecule has 0 saturated heterocycles. The van der Waals surface area contributed by atoms with E-state index in [1.165, 1.54) is 16.7 Å². The van der Waals surface area contributed by atoms with E-state index in [0.29, 0.717) is 6.42 Å². The smallest absolute Gasteiger partial charge is 0.100 e. The van der Waals surface area contributed by atoms with E-state index in [1.807, 2.05) is 18.4 Å². The number of aliphatic hydroxyl groups is 1. The molecule has 1 nitrogen and oxygen atoms in total. The number of benzene rings is 1. The Morgan fingerprint density at radius 1 is 1.24 bits per heavy atom. The first-order valence-electron chi connectivity index (χ1n) is 5.81. The molecule has 0 aliphatic heterocycles. The van der Waals surface area contributed by atoms with Crippen molar-refractivity contribution < 1.29 is 5.11 Å². The maximum atomic E-state index is 10.6. The van der Waals surface area contributed by atoms with Gasteiger partial charge in [-0.1, -0.05) is 29.8 Å². The van der Waals surface area contributed by atoms with Crippen molar-refractivity contribution in [1.29, 1.82) is 0 Å². The minimum atomic E-state index is -0.772. The molecule has 1 N–H and O–H groups in total. The lowest BCUT2D eigenvalue weighted by atomic mass is 9.92. The van der Waals surface area contributed by atoms with Crippen molar-refractivity contribution >= 4 is 11.3 Å². The van der Waals surface area contributed by atoms with Crippen LogP contribution in [0.3, 0.4) is 0 Å². The monoisotopic (exact) mass is 246 g/mol. The predicted molar refractivity (Wildman–Crippen MR) is 73.5 cm³/mol. The van der Waals surface area contributed by atoms with Gasteiger partial charge in [0.05, 0.1) is 0 Å². The highest BCUT2D eigenvalue weighted by Crippen LogP contribution is 2.32. The molecule has 17 heavy (non-hydrogen) atoms. The van der Waals surface area contributed by atoms with Crippen LogP contribution in [0.25, 0.3) is 0 Å². The zero-order valence-corrected chi connectivity index (χ0v) is 11.3. The van der Waals surface area contributed by atoms with Crippen molar-refractivity contribution in [2.24, 2.45) is 0 Å². The number of hydrogen-bond donors (Lipinski definition) is 1. The molecule has 0 bridgehead atoms. The van der Waals surface area contributed by atoms with Gasteiger partial charge in [-0.3, -0.25) is 0 Å². The number of hydrogen-bond acceptors (Lipinski definition) is 2. The normalized spacial score (nSPS) is 14.6. The quantitative estimate of drug-likeness (QED) is 0.873. The predicted octanol–water partition coefficient (Wildman–Crippen LogP) is 3.82. The van der Waals surface area contributed by atoms with Gasteiger partial charge in [0.2, 0.25) is 0 Å². The molecule has 2 aromatic rings. The van der Waals surface area contributed by atoms with Crippen LogP contribution in [-0.4, -0.2) is 5.11 Å². The topological polar surface area (TPSA) is 20.2 Å². The number of aryl methyl sites for hydroxylation is 2. The third kappa shape index (κ3) is 2.76. The summed E-state index contributed by atoms with van der Waals surface area (Å²) in [7, 11) is 0. The zero-order valence-electron chi connectivity index (χ0n) is 10.5. The summed E-state index contributed by atoms with van der Waals surface area (Å²) < 4.78 is 0. The molecule has 1 aromatic heterocycles. The molecular formula is C15H18OS. The second kappa shape index (κ2) is 4.63. The minimum Gasteiger partial charge on any atom is -0.384 e. The molecule has 0 aliphatic rings. The standard InChI is InChI=1S/C15H18OS/c1-11-5-4-6-13(9-11)10-15(3,16)14-12(2)7-8-17-14/h4-9,16H,10H2,1-3H3. The SMILES string of the molecule is Cc1cccc(CC(C)(O)c2sccc2C)c1. The van der Waals surface area contributed by atoms with E-state index in [9.17, 15) is 5.11 Å². The van der Waals surface area contributed by atoms with Gasteiger partial charge < -0.3 is 5.11 Å². The Bertz CT molecular complexity index is 511. The molecule has 0 radical (unpaired) electrons.